The molecule has 0 amide bonds. The van der Waals surface area contributed by atoms with Gasteiger partial charge in [-0.1, -0.05) is 19.9 Å². The van der Waals surface area contributed by atoms with E-state index in [4.69, 9.17) is 11.6 Å². The van der Waals surface area contributed by atoms with Gasteiger partial charge in [-0.3, -0.25) is 4.79 Å². The van der Waals surface area contributed by atoms with E-state index in [2.05, 4.69) is 13.8 Å². The molecule has 0 spiro atoms. The molecule has 0 aliphatic heterocycles. The first-order chi connectivity index (χ1) is 6.15. The van der Waals surface area contributed by atoms with Crippen LogP contribution in [-0.4, -0.2) is 4.57 Å². The maximum Gasteiger partial charge on any atom is 0.254 e. The lowest BCUT2D eigenvalue weighted by Gasteiger charge is -2.08. The van der Waals surface area contributed by atoms with Crippen LogP contribution >= 0.6 is 11.6 Å². The van der Waals surface area contributed by atoms with Gasteiger partial charge >= 0.3 is 0 Å². The van der Waals surface area contributed by atoms with Crippen molar-refractivity contribution in [1.29, 1.82) is 0 Å². The number of hydrogen-bond donors (Lipinski definition) is 0. The zero-order chi connectivity index (χ0) is 9.84. The monoisotopic (exact) mass is 199 g/mol. The smallest absolute Gasteiger partial charge is 0.254 e. The highest BCUT2D eigenvalue weighted by Crippen LogP contribution is 1.99. The molecule has 72 valence electrons. The molecule has 0 saturated heterocycles. The number of alkyl halides is 1. The van der Waals surface area contributed by atoms with Crippen LogP contribution in [0, 0.1) is 5.92 Å². The van der Waals surface area contributed by atoms with E-state index >= 15 is 0 Å². The van der Waals surface area contributed by atoms with Crippen LogP contribution in [0.3, 0.4) is 0 Å². The van der Waals surface area contributed by atoms with E-state index in [1.54, 1.807) is 16.8 Å². The fraction of sp³-hybridized carbons (Fsp3) is 0.500. The fourth-order valence-corrected chi connectivity index (χ4v) is 1.43. The zero-order valence-electron chi connectivity index (χ0n) is 7.96. The minimum Gasteiger partial charge on any atom is -0.315 e. The average molecular weight is 200 g/mol. The molecule has 0 atom stereocenters. The maximum absolute atomic E-state index is 11.6. The van der Waals surface area contributed by atoms with Crippen molar-refractivity contribution in [3.05, 3.63) is 34.2 Å². The Labute approximate surface area is 83.2 Å². The van der Waals surface area contributed by atoms with E-state index in [0.29, 0.717) is 11.5 Å². The van der Waals surface area contributed by atoms with Crippen LogP contribution in [0.5, 0.6) is 0 Å². The summed E-state index contributed by atoms with van der Waals surface area (Å²) in [6, 6.07) is 3.63. The summed E-state index contributed by atoms with van der Waals surface area (Å²) in [5.74, 6) is 0.765. The Morgan fingerprint density at radius 2 is 2.23 bits per heavy atom. The molecule has 1 heterocycles. The van der Waals surface area contributed by atoms with E-state index in [1.807, 2.05) is 6.07 Å². The summed E-state index contributed by atoms with van der Waals surface area (Å²) in [5, 5.41) is 0. The van der Waals surface area contributed by atoms with Crippen molar-refractivity contribution >= 4 is 11.6 Å². The summed E-state index contributed by atoms with van der Waals surface area (Å²) in [7, 11) is 0. The number of pyridine rings is 1. The molecular weight excluding hydrogens is 186 g/mol. The van der Waals surface area contributed by atoms with Crippen LogP contribution in [0.1, 0.15) is 19.4 Å². The molecule has 0 fully saturated rings. The lowest BCUT2D eigenvalue weighted by molar-refractivity contribution is 0.509. The summed E-state index contributed by atoms with van der Waals surface area (Å²) >= 11 is 5.63. The number of aromatic nitrogens is 1. The second-order valence-electron chi connectivity index (χ2n) is 3.52. The Kier molecular flexibility index (Phi) is 3.55. The van der Waals surface area contributed by atoms with Gasteiger partial charge in [0.05, 0.1) is 5.88 Å². The molecule has 0 aliphatic rings. The van der Waals surface area contributed by atoms with Gasteiger partial charge in [-0.05, 0) is 12.0 Å². The summed E-state index contributed by atoms with van der Waals surface area (Å²) in [6.07, 6.45) is 1.80. The van der Waals surface area contributed by atoms with Crippen LogP contribution < -0.4 is 5.56 Å². The van der Waals surface area contributed by atoms with Gasteiger partial charge in [0, 0.05) is 18.3 Å². The van der Waals surface area contributed by atoms with E-state index in [0.717, 1.165) is 6.54 Å². The van der Waals surface area contributed by atoms with E-state index < -0.39 is 0 Å². The van der Waals surface area contributed by atoms with Crippen molar-refractivity contribution in [2.75, 3.05) is 0 Å². The molecule has 0 aliphatic carbocycles. The van der Waals surface area contributed by atoms with Gasteiger partial charge in [-0.2, -0.15) is 0 Å². The number of nitrogens with zero attached hydrogens (tertiary/aromatic N) is 1. The Balaban J connectivity index is 3.02. The van der Waals surface area contributed by atoms with Gasteiger partial charge < -0.3 is 4.57 Å². The molecule has 13 heavy (non-hydrogen) atoms. The normalized spacial score (nSPS) is 10.8. The molecule has 0 unspecified atom stereocenters. The van der Waals surface area contributed by atoms with Crippen LogP contribution in [0.4, 0.5) is 0 Å². The van der Waals surface area contributed by atoms with Crippen molar-refractivity contribution in [2.45, 2.75) is 26.3 Å². The maximum atomic E-state index is 11.6. The summed E-state index contributed by atoms with van der Waals surface area (Å²) in [4.78, 5) is 11.6. The van der Waals surface area contributed by atoms with Gasteiger partial charge in [-0.25, -0.2) is 0 Å². The number of hydrogen-bond acceptors (Lipinski definition) is 1. The van der Waals surface area contributed by atoms with Crippen molar-refractivity contribution in [2.24, 2.45) is 5.92 Å². The first-order valence-electron chi connectivity index (χ1n) is 4.39. The molecule has 3 heteroatoms. The molecule has 2 nitrogen and oxygen atoms in total. The quantitative estimate of drug-likeness (QED) is 0.685. The second-order valence-corrected chi connectivity index (χ2v) is 3.79. The zero-order valence-corrected chi connectivity index (χ0v) is 8.71. The van der Waals surface area contributed by atoms with E-state index in [-0.39, 0.29) is 11.4 Å². The average Bonchev–Trinajstić information content (AvgIpc) is 2.08. The Morgan fingerprint density at radius 3 is 2.77 bits per heavy atom. The van der Waals surface area contributed by atoms with E-state index in [1.165, 1.54) is 0 Å². The molecule has 0 saturated carbocycles. The van der Waals surface area contributed by atoms with Gasteiger partial charge in [0.15, 0.2) is 0 Å². The van der Waals surface area contributed by atoms with Gasteiger partial charge in [0.2, 0.25) is 0 Å². The highest BCUT2D eigenvalue weighted by Gasteiger charge is 2.02. The minimum absolute atomic E-state index is 0.0335. The standard InChI is InChI=1S/C10H14ClNO/c1-8(2)7-12-5-3-4-9(6-11)10(12)13/h3-5,8H,6-7H2,1-2H3. The van der Waals surface area contributed by atoms with Crippen molar-refractivity contribution < 1.29 is 0 Å². The largest absolute Gasteiger partial charge is 0.315 e. The highest BCUT2D eigenvalue weighted by atomic mass is 35.5. The molecule has 1 aromatic rings. The van der Waals surface area contributed by atoms with Gasteiger partial charge in [-0.15, -0.1) is 11.6 Å². The Hall–Kier alpha value is -0.760. The molecule has 1 aromatic heterocycles. The molecule has 0 aromatic carbocycles. The highest BCUT2D eigenvalue weighted by molar-refractivity contribution is 6.17. The van der Waals surface area contributed by atoms with Gasteiger partial charge in [0.25, 0.3) is 5.56 Å². The predicted molar refractivity (Wildman–Crippen MR) is 55.1 cm³/mol. The van der Waals surface area contributed by atoms with Crippen LogP contribution in [0.2, 0.25) is 0 Å². The van der Waals surface area contributed by atoms with Crippen LogP contribution in [-0.2, 0) is 12.4 Å². The SMILES string of the molecule is CC(C)Cn1cccc(CCl)c1=O. The van der Waals surface area contributed by atoms with Gasteiger partial charge in [0.1, 0.15) is 0 Å². The molecule has 0 N–H and O–H groups in total. The van der Waals surface area contributed by atoms with E-state index in [9.17, 15) is 4.79 Å². The number of halogens is 1. The third-order valence-corrected chi connectivity index (χ3v) is 2.09. The van der Waals surface area contributed by atoms with Crippen LogP contribution in [0.15, 0.2) is 23.1 Å². The van der Waals surface area contributed by atoms with Crippen molar-refractivity contribution in [1.82, 2.24) is 4.57 Å². The third kappa shape index (κ3) is 2.59. The van der Waals surface area contributed by atoms with Crippen LogP contribution in [0.25, 0.3) is 0 Å². The Morgan fingerprint density at radius 1 is 1.54 bits per heavy atom. The predicted octanol–water partition coefficient (Wildman–Crippen LogP) is 2.24. The summed E-state index contributed by atoms with van der Waals surface area (Å²) in [5.41, 5.74) is 0.705. The lowest BCUT2D eigenvalue weighted by atomic mass is 10.2. The summed E-state index contributed by atoms with van der Waals surface area (Å²) < 4.78 is 1.71. The molecule has 0 bridgehead atoms. The lowest BCUT2D eigenvalue weighted by Crippen LogP contribution is -2.24. The molecule has 0 radical (unpaired) electrons. The molecular formula is C10H14ClNO. The Bertz CT molecular complexity index is 330. The first kappa shape index (κ1) is 10.3. The minimum atomic E-state index is 0.0335. The summed E-state index contributed by atoms with van der Waals surface area (Å²) in [6.45, 7) is 4.92. The first-order valence-corrected chi connectivity index (χ1v) is 4.93. The molecule has 1 rings (SSSR count). The third-order valence-electron chi connectivity index (χ3n) is 1.80. The van der Waals surface area contributed by atoms with Crippen molar-refractivity contribution in [3.63, 3.8) is 0 Å². The topological polar surface area (TPSA) is 22.0 Å². The fourth-order valence-electron chi connectivity index (χ4n) is 1.23. The van der Waals surface area contributed by atoms with Crippen molar-refractivity contribution in [3.8, 4) is 0 Å². The number of rotatable bonds is 3. The second kappa shape index (κ2) is 4.47.